The van der Waals surface area contributed by atoms with Gasteiger partial charge in [0.15, 0.2) is 5.43 Å². The Hall–Kier alpha value is -3.16. The second kappa shape index (κ2) is 8.69. The standard InChI is InChI=1S/C13H15F3.C9H7N3O2/c1-9-8-11(14)2-3-12(9)10-4-6-13(15,16)7-5-10;10-9(14)8-7-5(1-3-12-8)11-4-2-6(7)13/h2-3,8,10H,4-7H2,1H3;1-4H,(H2,10,14)(H,11,13). The predicted molar refractivity (Wildman–Crippen MR) is 108 cm³/mol. The van der Waals surface area contributed by atoms with E-state index in [-0.39, 0.29) is 41.1 Å². The number of halogens is 3. The Morgan fingerprint density at radius 1 is 1.20 bits per heavy atom. The van der Waals surface area contributed by atoms with E-state index in [0.717, 1.165) is 11.1 Å². The van der Waals surface area contributed by atoms with Gasteiger partial charge in [-0.1, -0.05) is 6.07 Å². The van der Waals surface area contributed by atoms with Gasteiger partial charge in [-0.3, -0.25) is 14.6 Å². The molecule has 0 radical (unpaired) electrons. The number of aryl methyl sites for hydroxylation is 1. The minimum absolute atomic E-state index is 0.00403. The zero-order valence-electron chi connectivity index (χ0n) is 16.4. The van der Waals surface area contributed by atoms with Crippen molar-refractivity contribution in [3.8, 4) is 0 Å². The molecule has 158 valence electrons. The van der Waals surface area contributed by atoms with Crippen LogP contribution in [0.1, 0.15) is 53.2 Å². The largest absolute Gasteiger partial charge is 0.364 e. The number of amides is 1. The highest BCUT2D eigenvalue weighted by Gasteiger charge is 2.35. The molecular weight excluding hydrogens is 395 g/mol. The number of carbonyl (C=O) groups is 1. The smallest absolute Gasteiger partial charge is 0.268 e. The van der Waals surface area contributed by atoms with Gasteiger partial charge in [-0.05, 0) is 55.0 Å². The number of fused-ring (bicyclic) bond motifs is 1. The molecule has 0 atom stereocenters. The quantitative estimate of drug-likeness (QED) is 0.646. The van der Waals surface area contributed by atoms with Gasteiger partial charge in [0.25, 0.3) is 5.91 Å². The molecule has 0 spiro atoms. The number of hydrogen-bond donors (Lipinski definition) is 2. The van der Waals surface area contributed by atoms with Crippen LogP contribution >= 0.6 is 0 Å². The number of benzene rings is 1. The number of alkyl halides is 2. The summed E-state index contributed by atoms with van der Waals surface area (Å²) in [6.07, 6.45) is 3.84. The maximum atomic E-state index is 13.0. The maximum absolute atomic E-state index is 13.0. The number of nitrogens with zero attached hydrogens (tertiary/aromatic N) is 1. The molecule has 0 aliphatic heterocycles. The lowest BCUT2D eigenvalue weighted by Gasteiger charge is -2.29. The molecule has 1 fully saturated rings. The SMILES string of the molecule is Cc1cc(F)ccc1C1CCC(F)(F)CC1.NC(=O)c1nccc2[nH]ccc(=O)c12. The molecule has 0 bridgehead atoms. The van der Waals surface area contributed by atoms with E-state index in [1.165, 1.54) is 30.6 Å². The van der Waals surface area contributed by atoms with Crippen molar-refractivity contribution >= 4 is 16.8 Å². The summed E-state index contributed by atoms with van der Waals surface area (Å²) in [5.74, 6) is -3.29. The van der Waals surface area contributed by atoms with Gasteiger partial charge in [-0.25, -0.2) is 13.2 Å². The van der Waals surface area contributed by atoms with Crippen molar-refractivity contribution in [2.45, 2.75) is 44.4 Å². The zero-order chi connectivity index (χ0) is 21.9. The minimum atomic E-state index is -2.50. The van der Waals surface area contributed by atoms with E-state index < -0.39 is 11.8 Å². The molecular formula is C22H22F3N3O2. The van der Waals surface area contributed by atoms with Gasteiger partial charge in [0.1, 0.15) is 11.5 Å². The average Bonchev–Trinajstić information content (AvgIpc) is 2.69. The minimum Gasteiger partial charge on any atom is -0.364 e. The molecule has 1 aromatic carbocycles. The summed E-state index contributed by atoms with van der Waals surface area (Å²) in [6, 6.07) is 7.57. The zero-order valence-corrected chi connectivity index (χ0v) is 16.4. The van der Waals surface area contributed by atoms with E-state index in [1.807, 2.05) is 6.92 Å². The highest BCUT2D eigenvalue weighted by Crippen LogP contribution is 2.41. The van der Waals surface area contributed by atoms with E-state index >= 15 is 0 Å². The number of H-pyrrole nitrogens is 1. The molecule has 1 amide bonds. The molecule has 3 N–H and O–H groups in total. The fourth-order valence-corrected chi connectivity index (χ4v) is 3.76. The van der Waals surface area contributed by atoms with Gasteiger partial charge in [0.05, 0.1) is 10.9 Å². The summed E-state index contributed by atoms with van der Waals surface area (Å²) in [5, 5.41) is 0.238. The monoisotopic (exact) mass is 417 g/mol. The van der Waals surface area contributed by atoms with Crippen LogP contribution in [0.4, 0.5) is 13.2 Å². The van der Waals surface area contributed by atoms with E-state index in [1.54, 1.807) is 12.1 Å². The molecule has 2 heterocycles. The highest BCUT2D eigenvalue weighted by atomic mass is 19.3. The van der Waals surface area contributed by atoms with Gasteiger partial charge in [-0.2, -0.15) is 0 Å². The molecule has 1 aliphatic carbocycles. The Morgan fingerprint density at radius 3 is 2.53 bits per heavy atom. The highest BCUT2D eigenvalue weighted by molar-refractivity contribution is 6.03. The third-order valence-electron chi connectivity index (χ3n) is 5.29. The fourth-order valence-electron chi connectivity index (χ4n) is 3.76. The van der Waals surface area contributed by atoms with Gasteiger partial charge in [0, 0.05) is 31.3 Å². The number of aromatic nitrogens is 2. The van der Waals surface area contributed by atoms with Gasteiger partial charge < -0.3 is 10.7 Å². The number of hydrogen-bond acceptors (Lipinski definition) is 3. The molecule has 8 heteroatoms. The molecule has 0 saturated heterocycles. The molecule has 4 rings (SSSR count). The van der Waals surface area contributed by atoms with Crippen LogP contribution in [0.3, 0.4) is 0 Å². The van der Waals surface area contributed by atoms with Gasteiger partial charge >= 0.3 is 0 Å². The number of aromatic amines is 1. The molecule has 5 nitrogen and oxygen atoms in total. The number of primary amides is 1. The van der Waals surface area contributed by atoms with Crippen LogP contribution in [-0.2, 0) is 0 Å². The fraction of sp³-hybridized carbons (Fsp3) is 0.318. The molecule has 1 saturated carbocycles. The number of nitrogens with one attached hydrogen (secondary N) is 1. The van der Waals surface area contributed by atoms with E-state index in [4.69, 9.17) is 5.73 Å². The number of pyridine rings is 2. The first-order valence-corrected chi connectivity index (χ1v) is 9.58. The summed E-state index contributed by atoms with van der Waals surface area (Å²) >= 11 is 0. The number of carbonyl (C=O) groups excluding carboxylic acids is 1. The van der Waals surface area contributed by atoms with Crippen LogP contribution < -0.4 is 11.2 Å². The summed E-state index contributed by atoms with van der Waals surface area (Å²) < 4.78 is 38.9. The number of nitrogens with two attached hydrogens (primary N) is 1. The van der Waals surface area contributed by atoms with Crippen molar-refractivity contribution in [3.05, 3.63) is 75.6 Å². The van der Waals surface area contributed by atoms with Crippen molar-refractivity contribution in [1.29, 1.82) is 0 Å². The maximum Gasteiger partial charge on any atom is 0.268 e. The summed E-state index contributed by atoms with van der Waals surface area (Å²) in [5.41, 5.74) is 7.29. The predicted octanol–water partition coefficient (Wildman–Crippen LogP) is 4.45. The Bertz CT molecular complexity index is 1110. The molecule has 0 unspecified atom stereocenters. The van der Waals surface area contributed by atoms with Gasteiger partial charge in [-0.15, -0.1) is 0 Å². The van der Waals surface area contributed by atoms with E-state index in [2.05, 4.69) is 9.97 Å². The molecule has 1 aliphatic rings. The first kappa shape index (κ1) is 21.5. The van der Waals surface area contributed by atoms with Crippen molar-refractivity contribution in [2.75, 3.05) is 0 Å². The van der Waals surface area contributed by atoms with Crippen molar-refractivity contribution < 1.29 is 18.0 Å². The van der Waals surface area contributed by atoms with Crippen LogP contribution in [0.2, 0.25) is 0 Å². The second-order valence-electron chi connectivity index (χ2n) is 7.42. The van der Waals surface area contributed by atoms with Crippen molar-refractivity contribution in [3.63, 3.8) is 0 Å². The lowest BCUT2D eigenvalue weighted by Crippen LogP contribution is -2.23. The lowest BCUT2D eigenvalue weighted by atomic mass is 9.81. The lowest BCUT2D eigenvalue weighted by molar-refractivity contribution is -0.0382. The third-order valence-corrected chi connectivity index (χ3v) is 5.29. The summed E-state index contributed by atoms with van der Waals surface area (Å²) in [6.45, 7) is 1.84. The first-order valence-electron chi connectivity index (χ1n) is 9.58. The van der Waals surface area contributed by atoms with Gasteiger partial charge in [0.2, 0.25) is 5.92 Å². The second-order valence-corrected chi connectivity index (χ2v) is 7.42. The Balaban J connectivity index is 0.000000172. The Labute approximate surface area is 171 Å². The normalized spacial score (nSPS) is 16.0. The van der Waals surface area contributed by atoms with Crippen LogP contribution in [0, 0.1) is 12.7 Å². The van der Waals surface area contributed by atoms with Crippen LogP contribution in [0.25, 0.3) is 10.9 Å². The summed E-state index contributed by atoms with van der Waals surface area (Å²) in [4.78, 5) is 29.0. The van der Waals surface area contributed by atoms with Crippen molar-refractivity contribution in [2.24, 2.45) is 5.73 Å². The van der Waals surface area contributed by atoms with Crippen LogP contribution in [0.5, 0.6) is 0 Å². The van der Waals surface area contributed by atoms with Crippen molar-refractivity contribution in [1.82, 2.24) is 9.97 Å². The molecule has 2 aromatic heterocycles. The average molecular weight is 417 g/mol. The first-order chi connectivity index (χ1) is 14.2. The summed E-state index contributed by atoms with van der Waals surface area (Å²) in [7, 11) is 0. The number of rotatable bonds is 2. The van der Waals surface area contributed by atoms with Crippen LogP contribution in [0.15, 0.2) is 47.5 Å². The molecule has 3 aromatic rings. The van der Waals surface area contributed by atoms with E-state index in [0.29, 0.717) is 18.4 Å². The van der Waals surface area contributed by atoms with Crippen LogP contribution in [-0.4, -0.2) is 21.8 Å². The topological polar surface area (TPSA) is 88.8 Å². The molecule has 30 heavy (non-hydrogen) atoms. The Kier molecular flexibility index (Phi) is 6.24. The third kappa shape index (κ3) is 4.87. The van der Waals surface area contributed by atoms with E-state index in [9.17, 15) is 22.8 Å². The Morgan fingerprint density at radius 2 is 1.90 bits per heavy atom.